The Morgan fingerprint density at radius 2 is 0.760 bits per heavy atom. The number of ether oxygens (including phenoxy) is 2. The number of fused-ring (bicyclic) bond motifs is 3. The van der Waals surface area contributed by atoms with Gasteiger partial charge in [0.05, 0.1) is 49.2 Å². The maximum absolute atomic E-state index is 15.0. The molecule has 0 amide bonds. The van der Waals surface area contributed by atoms with Crippen molar-refractivity contribution in [3.63, 3.8) is 0 Å². The van der Waals surface area contributed by atoms with Gasteiger partial charge in [0.25, 0.3) is 0 Å². The molecule has 100 heavy (non-hydrogen) atoms. The largest absolute Gasteiger partial charge is 0.379 e. The van der Waals surface area contributed by atoms with E-state index < -0.39 is 41.7 Å². The minimum absolute atomic E-state index is 0.0832. The van der Waals surface area contributed by atoms with Crippen LogP contribution in [0.3, 0.4) is 0 Å². The number of nitrogens with one attached hydrogen (secondary N) is 3. The molecule has 3 unspecified atom stereocenters. The van der Waals surface area contributed by atoms with Crippen molar-refractivity contribution in [2.24, 2.45) is 14.1 Å². The van der Waals surface area contributed by atoms with Gasteiger partial charge in [-0.15, -0.1) is 14.5 Å². The molecule has 3 fully saturated rings. The van der Waals surface area contributed by atoms with Gasteiger partial charge in [0, 0.05) is 121 Å². The maximum Gasteiger partial charge on any atom is 0.246 e. The number of aromatic nitrogens is 6. The standard InChI is InChI=1S/C27H29F3N4O3S.C23H31FN4O2S.C22H29FN4O3S/c28-21-7-5-19(6-8-21)17-20-3-1-2-4-23-25(11-16-38(35,36)32-33-12-14-37-15-13-33)31-34(27(20)23)26-10-9-22(29)18-24(26)30;1-27-23-19(17-18-9-11-20(24)12-10-18)7-3-4-8-21(23)22(25-27)13-16-31(29,30)26-28-14-5-2-6-15-28;1-26-22-18(16-17-6-8-19(23)9-7-17)4-2-3-5-20(22)21(24-26)10-15-31(28,29)25-27-11-13-30-14-12-27/h5-11,16,18,20,32H,1-4,12-15,17H2;9-13,16,19,26H,2-8,14-15,17H2,1H3;6-10,15,18,25H,2-5,11-14,16H2,1H3/b16-11+;16-13+;15-10+. The first-order chi connectivity index (χ1) is 48.1. The Labute approximate surface area is 583 Å². The number of halogens is 5. The molecule has 28 heteroatoms. The van der Waals surface area contributed by atoms with Gasteiger partial charge in [0.15, 0.2) is 5.82 Å². The Balaban J connectivity index is 0.000000152. The number of hydrazine groups is 3. The van der Waals surface area contributed by atoms with Crippen LogP contribution in [0.1, 0.15) is 162 Å². The molecule has 4 aromatic carbocycles. The molecule has 3 atom stereocenters. The van der Waals surface area contributed by atoms with Gasteiger partial charge in [-0.25, -0.2) is 66.9 Å². The van der Waals surface area contributed by atoms with E-state index in [2.05, 4.69) is 29.8 Å². The molecule has 3 N–H and O–H groups in total. The van der Waals surface area contributed by atoms with Crippen molar-refractivity contribution < 1.29 is 56.7 Å². The van der Waals surface area contributed by atoms with E-state index in [4.69, 9.17) is 9.47 Å². The highest BCUT2D eigenvalue weighted by molar-refractivity contribution is 7.93. The monoisotopic (exact) mass is 1440 g/mol. The number of nitrogens with zero attached hydrogens (tertiary/aromatic N) is 9. The highest BCUT2D eigenvalue weighted by Gasteiger charge is 2.32. The second-order valence-corrected chi connectivity index (χ2v) is 31.0. The molecule has 3 aliphatic heterocycles. The fraction of sp³-hybridized carbons (Fsp3) is 0.458. The van der Waals surface area contributed by atoms with Crippen molar-refractivity contribution in [3.05, 3.63) is 204 Å². The third kappa shape index (κ3) is 20.4. The summed E-state index contributed by atoms with van der Waals surface area (Å²) in [6.45, 7) is 5.30. The summed E-state index contributed by atoms with van der Waals surface area (Å²) in [5.41, 5.74) is 11.2. The quantitative estimate of drug-likeness (QED) is 0.0507. The lowest BCUT2D eigenvalue weighted by molar-refractivity contribution is 0.0273. The fourth-order valence-electron chi connectivity index (χ4n) is 14.3. The zero-order valence-electron chi connectivity index (χ0n) is 56.6. The summed E-state index contributed by atoms with van der Waals surface area (Å²) >= 11 is 0. The van der Waals surface area contributed by atoms with E-state index in [1.165, 1.54) is 75.8 Å². The first-order valence-corrected chi connectivity index (χ1v) is 39.2. The smallest absolute Gasteiger partial charge is 0.246 e. The minimum Gasteiger partial charge on any atom is -0.379 e. The molecule has 13 rings (SSSR count). The maximum atomic E-state index is 15.0. The molecule has 0 saturated carbocycles. The van der Waals surface area contributed by atoms with Gasteiger partial charge in [0.1, 0.15) is 29.0 Å². The highest BCUT2D eigenvalue weighted by Crippen LogP contribution is 2.40. The van der Waals surface area contributed by atoms with Gasteiger partial charge in [-0.05, 0) is 173 Å². The van der Waals surface area contributed by atoms with E-state index in [-0.39, 0.29) is 40.9 Å². The van der Waals surface area contributed by atoms with Crippen molar-refractivity contribution in [3.8, 4) is 5.69 Å². The predicted octanol–water partition coefficient (Wildman–Crippen LogP) is 11.1. The lowest BCUT2D eigenvalue weighted by Gasteiger charge is -2.25. The molecule has 7 aromatic rings. The summed E-state index contributed by atoms with van der Waals surface area (Å²) in [6, 6.07) is 22.9. The SMILES string of the molecule is Cn1nc(/C=C/S(=O)(=O)NN2CCCCC2)c2c1C(Cc1ccc(F)cc1)CCCC2.Cn1nc(/C=C/S(=O)(=O)NN2CCOCC2)c2c1C(Cc1ccc(F)cc1)CCCC2.O=S(=O)(/C=C/c1nn(-c2ccc(F)cc2F)c2c1CCCCC2Cc1ccc(F)cc1)NN1CCOCC1. The fourth-order valence-corrected chi connectivity index (χ4v) is 17.1. The molecular formula is C72H89F5N12O8S3. The molecule has 538 valence electrons. The lowest BCUT2D eigenvalue weighted by Crippen LogP contribution is -2.47. The molecule has 3 saturated heterocycles. The first kappa shape index (κ1) is 74.1. The van der Waals surface area contributed by atoms with Crippen LogP contribution < -0.4 is 14.5 Å². The first-order valence-electron chi connectivity index (χ1n) is 34.6. The van der Waals surface area contributed by atoms with E-state index >= 15 is 0 Å². The second-order valence-electron chi connectivity index (χ2n) is 26.4. The van der Waals surface area contributed by atoms with E-state index in [0.717, 1.165) is 178 Å². The van der Waals surface area contributed by atoms with E-state index in [1.807, 2.05) is 47.7 Å². The Kier molecular flexibility index (Phi) is 25.4. The summed E-state index contributed by atoms with van der Waals surface area (Å²) in [7, 11) is -7.15. The zero-order chi connectivity index (χ0) is 70.4. The van der Waals surface area contributed by atoms with Crippen LogP contribution in [0.25, 0.3) is 23.9 Å². The van der Waals surface area contributed by atoms with Crippen LogP contribution in [0, 0.1) is 29.1 Å². The summed E-state index contributed by atoms with van der Waals surface area (Å²) < 4.78 is 160. The highest BCUT2D eigenvalue weighted by atomic mass is 32.2. The van der Waals surface area contributed by atoms with Gasteiger partial charge in [-0.3, -0.25) is 9.36 Å². The molecule has 0 radical (unpaired) electrons. The minimum atomic E-state index is -3.82. The van der Waals surface area contributed by atoms with Gasteiger partial charge in [0.2, 0.25) is 30.1 Å². The Bertz CT molecular complexity index is 4170. The Hall–Kier alpha value is -7.09. The topological polar surface area (TPSA) is 220 Å². The van der Waals surface area contributed by atoms with Crippen LogP contribution in [0.2, 0.25) is 0 Å². The summed E-state index contributed by atoms with van der Waals surface area (Å²) in [5, 5.41) is 22.4. The number of benzene rings is 4. The molecule has 6 aliphatic rings. The third-order valence-corrected chi connectivity index (χ3v) is 22.1. The van der Waals surface area contributed by atoms with Gasteiger partial charge >= 0.3 is 0 Å². The van der Waals surface area contributed by atoms with Gasteiger partial charge in [-0.1, -0.05) is 62.1 Å². The van der Waals surface area contributed by atoms with E-state index in [0.29, 0.717) is 76.8 Å². The molecule has 20 nitrogen and oxygen atoms in total. The van der Waals surface area contributed by atoms with Crippen LogP contribution in [0.5, 0.6) is 0 Å². The van der Waals surface area contributed by atoms with Crippen molar-refractivity contribution in [2.75, 3.05) is 65.7 Å². The molecule has 3 aliphatic carbocycles. The number of piperidine rings is 1. The Morgan fingerprint density at radius 3 is 1.14 bits per heavy atom. The second kappa shape index (κ2) is 34.3. The van der Waals surface area contributed by atoms with Crippen molar-refractivity contribution in [1.82, 2.24) is 58.9 Å². The van der Waals surface area contributed by atoms with Crippen molar-refractivity contribution in [1.29, 1.82) is 0 Å². The van der Waals surface area contributed by atoms with Crippen LogP contribution in [-0.4, -0.2) is 135 Å². The number of morpholine rings is 2. The van der Waals surface area contributed by atoms with E-state index in [1.54, 1.807) is 39.3 Å². The number of aryl methyl sites for hydroxylation is 2. The summed E-state index contributed by atoms with van der Waals surface area (Å²) in [6.07, 6.45) is 21.4. The van der Waals surface area contributed by atoms with Crippen LogP contribution in [-0.2, 0) is 92.2 Å². The van der Waals surface area contributed by atoms with E-state index in [9.17, 15) is 47.2 Å². The lowest BCUT2D eigenvalue weighted by atomic mass is 9.91. The molecular weight excluding hydrogens is 1350 g/mol. The summed E-state index contributed by atoms with van der Waals surface area (Å²) in [5.74, 6) is -1.78. The molecule has 0 bridgehead atoms. The third-order valence-electron chi connectivity index (χ3n) is 19.0. The van der Waals surface area contributed by atoms with Crippen LogP contribution >= 0.6 is 0 Å². The molecule has 3 aromatic heterocycles. The van der Waals surface area contributed by atoms with Crippen molar-refractivity contribution >= 4 is 48.3 Å². The summed E-state index contributed by atoms with van der Waals surface area (Å²) in [4.78, 5) is 7.78. The van der Waals surface area contributed by atoms with Gasteiger partial charge in [-0.2, -0.15) is 15.3 Å². The van der Waals surface area contributed by atoms with Gasteiger partial charge < -0.3 is 9.47 Å². The number of sulfonamides is 3. The number of hydrogen-bond acceptors (Lipinski definition) is 14. The van der Waals surface area contributed by atoms with Crippen molar-refractivity contribution in [2.45, 2.75) is 133 Å². The Morgan fingerprint density at radius 1 is 0.420 bits per heavy atom. The van der Waals surface area contributed by atoms with Crippen LogP contribution in [0.15, 0.2) is 107 Å². The van der Waals surface area contributed by atoms with Crippen LogP contribution in [0.4, 0.5) is 22.0 Å². The normalized spacial score (nSPS) is 20.0. The molecule has 6 heterocycles. The average molecular weight is 1440 g/mol. The number of rotatable bonds is 19. The number of hydrogen-bond donors (Lipinski definition) is 3. The predicted molar refractivity (Wildman–Crippen MR) is 375 cm³/mol. The molecule has 0 spiro atoms. The average Bonchev–Trinajstić information content (AvgIpc) is 1.63. The zero-order valence-corrected chi connectivity index (χ0v) is 59.0.